The van der Waals surface area contributed by atoms with Gasteiger partial charge >= 0.3 is 0 Å². The van der Waals surface area contributed by atoms with E-state index in [-0.39, 0.29) is 5.91 Å². The Morgan fingerprint density at radius 2 is 2.12 bits per heavy atom. The minimum atomic E-state index is 0.0765. The van der Waals surface area contributed by atoms with Gasteiger partial charge in [0.25, 0.3) is 0 Å². The summed E-state index contributed by atoms with van der Waals surface area (Å²) in [4.78, 5) is 12.9. The van der Waals surface area contributed by atoms with Gasteiger partial charge in [-0.2, -0.15) is 0 Å². The molecule has 1 rings (SSSR count). The maximum atomic E-state index is 11.3. The lowest BCUT2D eigenvalue weighted by Gasteiger charge is -2.12. The van der Waals surface area contributed by atoms with Gasteiger partial charge in [0.15, 0.2) is 0 Å². The SMILES string of the molecule is Cc1ccc(Br)cc1OCCC(=O)N(C)C. The number of amides is 1. The molecule has 0 aliphatic rings. The summed E-state index contributed by atoms with van der Waals surface area (Å²) < 4.78 is 6.54. The molecule has 0 aliphatic carbocycles. The molecule has 1 amide bonds. The third-order valence-corrected chi connectivity index (χ3v) is 2.72. The molecule has 16 heavy (non-hydrogen) atoms. The molecule has 0 spiro atoms. The maximum Gasteiger partial charge on any atom is 0.225 e. The smallest absolute Gasteiger partial charge is 0.225 e. The fourth-order valence-electron chi connectivity index (χ4n) is 1.20. The van der Waals surface area contributed by atoms with E-state index in [0.717, 1.165) is 15.8 Å². The summed E-state index contributed by atoms with van der Waals surface area (Å²) in [6.07, 6.45) is 0.402. The standard InChI is InChI=1S/C12H16BrNO2/c1-9-4-5-10(13)8-11(9)16-7-6-12(15)14(2)3/h4-5,8H,6-7H2,1-3H3. The van der Waals surface area contributed by atoms with Crippen molar-refractivity contribution in [2.24, 2.45) is 0 Å². The average molecular weight is 286 g/mol. The summed E-state index contributed by atoms with van der Waals surface area (Å²) in [5.41, 5.74) is 1.07. The van der Waals surface area contributed by atoms with E-state index in [9.17, 15) is 4.79 Å². The number of nitrogens with zero attached hydrogens (tertiary/aromatic N) is 1. The van der Waals surface area contributed by atoms with Crippen LogP contribution in [-0.2, 0) is 4.79 Å². The fraction of sp³-hybridized carbons (Fsp3) is 0.417. The van der Waals surface area contributed by atoms with E-state index in [0.29, 0.717) is 13.0 Å². The fourth-order valence-corrected chi connectivity index (χ4v) is 1.54. The van der Waals surface area contributed by atoms with Gasteiger partial charge in [-0.3, -0.25) is 4.79 Å². The lowest BCUT2D eigenvalue weighted by molar-refractivity contribution is -0.129. The quantitative estimate of drug-likeness (QED) is 0.851. The van der Waals surface area contributed by atoms with Crippen LogP contribution >= 0.6 is 15.9 Å². The van der Waals surface area contributed by atoms with Crippen LogP contribution in [-0.4, -0.2) is 31.5 Å². The zero-order chi connectivity index (χ0) is 12.1. The number of aryl methyl sites for hydroxylation is 1. The molecule has 0 radical (unpaired) electrons. The molecular weight excluding hydrogens is 270 g/mol. The van der Waals surface area contributed by atoms with Crippen molar-refractivity contribution in [3.63, 3.8) is 0 Å². The molecule has 4 heteroatoms. The molecule has 0 saturated heterocycles. The predicted octanol–water partition coefficient (Wildman–Crippen LogP) is 2.61. The summed E-state index contributed by atoms with van der Waals surface area (Å²) in [6.45, 7) is 2.39. The van der Waals surface area contributed by atoms with Crippen molar-refractivity contribution in [3.05, 3.63) is 28.2 Å². The van der Waals surface area contributed by atoms with Crippen molar-refractivity contribution < 1.29 is 9.53 Å². The van der Waals surface area contributed by atoms with Gasteiger partial charge < -0.3 is 9.64 Å². The van der Waals surface area contributed by atoms with Crippen LogP contribution in [0, 0.1) is 6.92 Å². The lowest BCUT2D eigenvalue weighted by atomic mass is 10.2. The molecule has 0 bridgehead atoms. The Hall–Kier alpha value is -1.03. The van der Waals surface area contributed by atoms with Crippen LogP contribution in [0.1, 0.15) is 12.0 Å². The first-order valence-corrected chi connectivity index (χ1v) is 5.89. The van der Waals surface area contributed by atoms with Crippen molar-refractivity contribution in [3.8, 4) is 5.75 Å². The van der Waals surface area contributed by atoms with Crippen LogP contribution in [0.3, 0.4) is 0 Å². The molecule has 0 unspecified atom stereocenters. The van der Waals surface area contributed by atoms with Crippen molar-refractivity contribution in [2.75, 3.05) is 20.7 Å². The number of carbonyl (C=O) groups is 1. The molecule has 88 valence electrons. The van der Waals surface area contributed by atoms with Crippen molar-refractivity contribution >= 4 is 21.8 Å². The summed E-state index contributed by atoms with van der Waals surface area (Å²) in [5, 5.41) is 0. The van der Waals surface area contributed by atoms with E-state index in [1.807, 2.05) is 25.1 Å². The van der Waals surface area contributed by atoms with E-state index in [1.165, 1.54) is 0 Å². The number of carbonyl (C=O) groups excluding carboxylic acids is 1. The average Bonchev–Trinajstić information content (AvgIpc) is 2.22. The summed E-state index contributed by atoms with van der Waals surface area (Å²) in [7, 11) is 3.49. The highest BCUT2D eigenvalue weighted by Crippen LogP contribution is 2.22. The number of hydrogen-bond acceptors (Lipinski definition) is 2. The molecule has 0 aromatic heterocycles. The summed E-state index contributed by atoms with van der Waals surface area (Å²) in [6, 6.07) is 5.86. The number of rotatable bonds is 4. The van der Waals surface area contributed by atoms with Gasteiger partial charge in [-0.05, 0) is 24.6 Å². The first kappa shape index (κ1) is 13.0. The predicted molar refractivity (Wildman–Crippen MR) is 67.7 cm³/mol. The molecule has 0 fully saturated rings. The Kier molecular flexibility index (Phi) is 4.80. The van der Waals surface area contributed by atoms with Gasteiger partial charge in [-0.1, -0.05) is 22.0 Å². The first-order chi connectivity index (χ1) is 7.50. The zero-order valence-corrected chi connectivity index (χ0v) is 11.4. The third-order valence-electron chi connectivity index (χ3n) is 2.22. The first-order valence-electron chi connectivity index (χ1n) is 5.10. The lowest BCUT2D eigenvalue weighted by Crippen LogP contribution is -2.23. The minimum Gasteiger partial charge on any atom is -0.493 e. The van der Waals surface area contributed by atoms with Crippen LogP contribution in [0.2, 0.25) is 0 Å². The second-order valence-corrected chi connectivity index (χ2v) is 4.71. The zero-order valence-electron chi connectivity index (χ0n) is 9.79. The number of hydrogen-bond donors (Lipinski definition) is 0. The molecule has 3 nitrogen and oxygen atoms in total. The van der Waals surface area contributed by atoms with E-state index in [2.05, 4.69) is 15.9 Å². The van der Waals surface area contributed by atoms with Crippen LogP contribution in [0.25, 0.3) is 0 Å². The second kappa shape index (κ2) is 5.89. The van der Waals surface area contributed by atoms with Gasteiger partial charge in [0.1, 0.15) is 5.75 Å². The molecule has 1 aromatic carbocycles. The topological polar surface area (TPSA) is 29.5 Å². The summed E-state index contributed by atoms with van der Waals surface area (Å²) in [5.74, 6) is 0.897. The van der Waals surface area contributed by atoms with E-state index < -0.39 is 0 Å². The Labute approximate surface area is 105 Å². The number of benzene rings is 1. The molecular formula is C12H16BrNO2. The van der Waals surface area contributed by atoms with Gasteiger partial charge in [0, 0.05) is 18.6 Å². The van der Waals surface area contributed by atoms with Gasteiger partial charge in [0.2, 0.25) is 5.91 Å². The van der Waals surface area contributed by atoms with E-state index in [1.54, 1.807) is 19.0 Å². The van der Waals surface area contributed by atoms with Gasteiger partial charge in [-0.15, -0.1) is 0 Å². The number of ether oxygens (including phenoxy) is 1. The van der Waals surface area contributed by atoms with Crippen molar-refractivity contribution in [1.82, 2.24) is 4.90 Å². The van der Waals surface area contributed by atoms with E-state index >= 15 is 0 Å². The van der Waals surface area contributed by atoms with Gasteiger partial charge in [0.05, 0.1) is 13.0 Å². The molecule has 0 saturated carbocycles. The largest absolute Gasteiger partial charge is 0.493 e. The Morgan fingerprint density at radius 3 is 2.75 bits per heavy atom. The Balaban J connectivity index is 2.49. The summed E-state index contributed by atoms with van der Waals surface area (Å²) >= 11 is 3.39. The highest BCUT2D eigenvalue weighted by atomic mass is 79.9. The second-order valence-electron chi connectivity index (χ2n) is 3.80. The van der Waals surface area contributed by atoms with Crippen molar-refractivity contribution in [2.45, 2.75) is 13.3 Å². The van der Waals surface area contributed by atoms with Crippen molar-refractivity contribution in [1.29, 1.82) is 0 Å². The maximum absolute atomic E-state index is 11.3. The van der Waals surface area contributed by atoms with Crippen LogP contribution < -0.4 is 4.74 Å². The Bertz CT molecular complexity index is 377. The normalized spacial score (nSPS) is 10.0. The van der Waals surface area contributed by atoms with Crippen LogP contribution in [0.5, 0.6) is 5.75 Å². The third kappa shape index (κ3) is 3.85. The highest BCUT2D eigenvalue weighted by molar-refractivity contribution is 9.10. The molecule has 0 aliphatic heterocycles. The Morgan fingerprint density at radius 1 is 1.44 bits per heavy atom. The molecule has 0 heterocycles. The minimum absolute atomic E-state index is 0.0765. The van der Waals surface area contributed by atoms with Crippen LogP contribution in [0.15, 0.2) is 22.7 Å². The number of halogens is 1. The van der Waals surface area contributed by atoms with Gasteiger partial charge in [-0.25, -0.2) is 0 Å². The molecule has 1 aromatic rings. The highest BCUT2D eigenvalue weighted by Gasteiger charge is 2.05. The molecule has 0 N–H and O–H groups in total. The van der Waals surface area contributed by atoms with E-state index in [4.69, 9.17) is 4.74 Å². The molecule has 0 atom stereocenters. The monoisotopic (exact) mass is 285 g/mol. The van der Waals surface area contributed by atoms with Crippen LogP contribution in [0.4, 0.5) is 0 Å².